The van der Waals surface area contributed by atoms with E-state index < -0.39 is 0 Å². The maximum absolute atomic E-state index is 12.0. The van der Waals surface area contributed by atoms with E-state index in [0.717, 1.165) is 11.1 Å². The molecule has 0 fully saturated rings. The maximum atomic E-state index is 12.0. The molecule has 0 aliphatic rings. The van der Waals surface area contributed by atoms with Gasteiger partial charge in [-0.3, -0.25) is 9.89 Å². The van der Waals surface area contributed by atoms with Crippen LogP contribution in [0.3, 0.4) is 0 Å². The second kappa shape index (κ2) is 6.88. The summed E-state index contributed by atoms with van der Waals surface area (Å²) in [6.07, 6.45) is 6.96. The second-order valence-electron chi connectivity index (χ2n) is 5.46. The predicted octanol–water partition coefficient (Wildman–Crippen LogP) is 3.20. The first-order valence-corrected chi connectivity index (χ1v) is 7.07. The zero-order valence-electron chi connectivity index (χ0n) is 12.7. The average molecular weight is 283 g/mol. The van der Waals surface area contributed by atoms with Gasteiger partial charge in [-0.1, -0.05) is 38.1 Å². The van der Waals surface area contributed by atoms with Gasteiger partial charge in [-0.05, 0) is 23.1 Å². The Kier molecular flexibility index (Phi) is 4.93. The third-order valence-electron chi connectivity index (χ3n) is 3.37. The topological polar surface area (TPSA) is 49.0 Å². The molecule has 110 valence electrons. The smallest absolute Gasteiger partial charge is 0.246 e. The lowest BCUT2D eigenvalue weighted by molar-refractivity contribution is -0.125. The fraction of sp³-hybridized carbons (Fsp3) is 0.294. The Morgan fingerprint density at radius 1 is 1.33 bits per heavy atom. The quantitative estimate of drug-likeness (QED) is 0.857. The van der Waals surface area contributed by atoms with Crippen LogP contribution >= 0.6 is 0 Å². The molecule has 1 N–H and O–H groups in total. The maximum Gasteiger partial charge on any atom is 0.246 e. The third-order valence-corrected chi connectivity index (χ3v) is 3.37. The van der Waals surface area contributed by atoms with Gasteiger partial charge in [-0.25, -0.2) is 0 Å². The number of rotatable bonds is 5. The molecule has 4 heteroatoms. The average Bonchev–Trinajstić information content (AvgIpc) is 2.98. The molecule has 21 heavy (non-hydrogen) atoms. The van der Waals surface area contributed by atoms with Gasteiger partial charge in [0.15, 0.2) is 0 Å². The summed E-state index contributed by atoms with van der Waals surface area (Å²) in [7, 11) is 1.78. The van der Waals surface area contributed by atoms with Crippen molar-refractivity contribution in [2.24, 2.45) is 0 Å². The molecule has 2 rings (SSSR count). The molecular weight excluding hydrogens is 262 g/mol. The molecule has 4 nitrogen and oxygen atoms in total. The van der Waals surface area contributed by atoms with Gasteiger partial charge in [0.05, 0.1) is 6.20 Å². The molecule has 1 aromatic carbocycles. The van der Waals surface area contributed by atoms with Crippen molar-refractivity contribution in [3.8, 4) is 0 Å². The van der Waals surface area contributed by atoms with E-state index in [2.05, 4.69) is 36.2 Å². The highest BCUT2D eigenvalue weighted by Gasteiger charge is 2.06. The fourth-order valence-corrected chi connectivity index (χ4v) is 2.00. The Bertz CT molecular complexity index is 597. The van der Waals surface area contributed by atoms with Gasteiger partial charge in [0.25, 0.3) is 0 Å². The molecule has 0 bridgehead atoms. The lowest BCUT2D eigenvalue weighted by atomic mass is 10.0. The van der Waals surface area contributed by atoms with Crippen LogP contribution in [-0.2, 0) is 11.3 Å². The first-order chi connectivity index (χ1) is 10.1. The number of aromatic nitrogens is 2. The largest absolute Gasteiger partial charge is 0.338 e. The van der Waals surface area contributed by atoms with Crippen LogP contribution < -0.4 is 0 Å². The Balaban J connectivity index is 1.94. The summed E-state index contributed by atoms with van der Waals surface area (Å²) < 4.78 is 0. The summed E-state index contributed by atoms with van der Waals surface area (Å²) in [5, 5.41) is 6.61. The number of amides is 1. The molecule has 0 aliphatic heterocycles. The summed E-state index contributed by atoms with van der Waals surface area (Å²) >= 11 is 0. The summed E-state index contributed by atoms with van der Waals surface area (Å²) in [6.45, 7) is 4.88. The molecule has 1 heterocycles. The van der Waals surface area contributed by atoms with Gasteiger partial charge in [-0.2, -0.15) is 5.10 Å². The SMILES string of the molecule is CC(C)c1ccc(C=CC(=O)N(C)Cc2cn[nH]c2)cc1. The van der Waals surface area contributed by atoms with Crippen molar-refractivity contribution in [1.82, 2.24) is 15.1 Å². The number of carbonyl (C=O) groups is 1. The molecule has 0 aliphatic carbocycles. The minimum Gasteiger partial charge on any atom is -0.338 e. The molecule has 2 aromatic rings. The van der Waals surface area contributed by atoms with Crippen molar-refractivity contribution in [2.75, 3.05) is 7.05 Å². The van der Waals surface area contributed by atoms with Crippen molar-refractivity contribution < 1.29 is 4.79 Å². The lowest BCUT2D eigenvalue weighted by Crippen LogP contribution is -2.23. The van der Waals surface area contributed by atoms with E-state index in [1.54, 1.807) is 30.4 Å². The Labute approximate surface area is 125 Å². The van der Waals surface area contributed by atoms with E-state index in [1.165, 1.54) is 5.56 Å². The molecular formula is C17H21N3O. The number of hydrogen-bond donors (Lipinski definition) is 1. The summed E-state index contributed by atoms with van der Waals surface area (Å²) in [5.74, 6) is 0.495. The van der Waals surface area contributed by atoms with Crippen molar-refractivity contribution in [1.29, 1.82) is 0 Å². The molecule has 0 saturated heterocycles. The number of nitrogens with one attached hydrogen (secondary N) is 1. The van der Waals surface area contributed by atoms with Crippen molar-refractivity contribution in [3.63, 3.8) is 0 Å². The van der Waals surface area contributed by atoms with Crippen LogP contribution in [0.5, 0.6) is 0 Å². The van der Waals surface area contributed by atoms with Crippen LogP contribution in [0.1, 0.15) is 36.5 Å². The lowest BCUT2D eigenvalue weighted by Gasteiger charge is -2.13. The number of benzene rings is 1. The molecule has 0 saturated carbocycles. The molecule has 0 spiro atoms. The van der Waals surface area contributed by atoms with Crippen LogP contribution in [0.2, 0.25) is 0 Å². The highest BCUT2D eigenvalue weighted by Crippen LogP contribution is 2.15. The van der Waals surface area contributed by atoms with Crippen molar-refractivity contribution >= 4 is 12.0 Å². The van der Waals surface area contributed by atoms with Crippen LogP contribution in [0.4, 0.5) is 0 Å². The highest BCUT2D eigenvalue weighted by molar-refractivity contribution is 5.91. The van der Waals surface area contributed by atoms with E-state index >= 15 is 0 Å². The number of H-pyrrole nitrogens is 1. The normalized spacial score (nSPS) is 11.2. The van der Waals surface area contributed by atoms with Gasteiger partial charge in [0, 0.05) is 31.4 Å². The third kappa shape index (κ3) is 4.31. The second-order valence-corrected chi connectivity index (χ2v) is 5.46. The zero-order valence-corrected chi connectivity index (χ0v) is 12.7. The summed E-state index contributed by atoms with van der Waals surface area (Å²) in [4.78, 5) is 13.7. The molecule has 0 radical (unpaired) electrons. The van der Waals surface area contributed by atoms with Crippen LogP contribution in [-0.4, -0.2) is 28.1 Å². The van der Waals surface area contributed by atoms with E-state index in [1.807, 2.05) is 18.2 Å². The van der Waals surface area contributed by atoms with Crippen molar-refractivity contribution in [2.45, 2.75) is 26.3 Å². The van der Waals surface area contributed by atoms with E-state index in [0.29, 0.717) is 12.5 Å². The predicted molar refractivity (Wildman–Crippen MR) is 84.6 cm³/mol. The molecule has 1 amide bonds. The Morgan fingerprint density at radius 2 is 2.05 bits per heavy atom. The van der Waals surface area contributed by atoms with Gasteiger partial charge < -0.3 is 4.90 Å². The first kappa shape index (κ1) is 15.0. The number of carbonyl (C=O) groups excluding carboxylic acids is 1. The molecule has 0 atom stereocenters. The van der Waals surface area contributed by atoms with E-state index in [4.69, 9.17) is 0 Å². The van der Waals surface area contributed by atoms with E-state index in [9.17, 15) is 4.79 Å². The first-order valence-electron chi connectivity index (χ1n) is 7.07. The Hall–Kier alpha value is -2.36. The van der Waals surface area contributed by atoms with Crippen LogP contribution in [0, 0.1) is 0 Å². The number of aromatic amines is 1. The summed E-state index contributed by atoms with van der Waals surface area (Å²) in [5.41, 5.74) is 3.32. The minimum atomic E-state index is -0.0239. The number of hydrogen-bond acceptors (Lipinski definition) is 2. The molecule has 0 unspecified atom stereocenters. The standard InChI is InChI=1S/C17H21N3O/c1-13(2)16-7-4-14(5-8-16)6-9-17(21)20(3)12-15-10-18-19-11-15/h4-11,13H,12H2,1-3H3,(H,18,19). The Morgan fingerprint density at radius 3 is 2.62 bits per heavy atom. The van der Waals surface area contributed by atoms with Crippen molar-refractivity contribution in [3.05, 3.63) is 59.4 Å². The fourth-order valence-electron chi connectivity index (χ4n) is 2.00. The van der Waals surface area contributed by atoms with Crippen LogP contribution in [0.25, 0.3) is 6.08 Å². The number of nitrogens with zero attached hydrogens (tertiary/aromatic N) is 2. The highest BCUT2D eigenvalue weighted by atomic mass is 16.2. The van der Waals surface area contributed by atoms with Crippen LogP contribution in [0.15, 0.2) is 42.7 Å². The monoisotopic (exact) mass is 283 g/mol. The van der Waals surface area contributed by atoms with Gasteiger partial charge >= 0.3 is 0 Å². The zero-order chi connectivity index (χ0) is 15.2. The van der Waals surface area contributed by atoms with Gasteiger partial charge in [0.2, 0.25) is 5.91 Å². The van der Waals surface area contributed by atoms with Gasteiger partial charge in [0.1, 0.15) is 0 Å². The number of likely N-dealkylation sites (N-methyl/N-ethyl adjacent to an activating group) is 1. The minimum absolute atomic E-state index is 0.0239. The molecule has 1 aromatic heterocycles. The summed E-state index contributed by atoms with van der Waals surface area (Å²) in [6, 6.07) is 8.28. The van der Waals surface area contributed by atoms with Gasteiger partial charge in [-0.15, -0.1) is 0 Å². The van der Waals surface area contributed by atoms with E-state index in [-0.39, 0.29) is 5.91 Å².